The molecule has 5 heteroatoms. The minimum atomic E-state index is 0.497. The third-order valence-electron chi connectivity index (χ3n) is 2.99. The maximum Gasteiger partial charge on any atom is 0.0657 e. The van der Waals surface area contributed by atoms with Gasteiger partial charge in [0.05, 0.1) is 10.0 Å². The molecule has 2 nitrogen and oxygen atoms in total. The molecule has 0 radical (unpaired) electrons. The fourth-order valence-corrected chi connectivity index (χ4v) is 2.48. The number of hydrogen-bond acceptors (Lipinski definition) is 2. The van der Waals surface area contributed by atoms with Gasteiger partial charge in [0.25, 0.3) is 0 Å². The summed E-state index contributed by atoms with van der Waals surface area (Å²) in [5.74, 6) is 0. The van der Waals surface area contributed by atoms with E-state index in [2.05, 4.69) is 10.2 Å². The van der Waals surface area contributed by atoms with Crippen LogP contribution in [0.25, 0.3) is 0 Å². The monoisotopic (exact) mass is 328 g/mol. The van der Waals surface area contributed by atoms with Gasteiger partial charge in [-0.25, -0.2) is 0 Å². The van der Waals surface area contributed by atoms with Crippen molar-refractivity contribution < 1.29 is 0 Å². The second kappa shape index (κ2) is 6.57. The van der Waals surface area contributed by atoms with Gasteiger partial charge in [0.15, 0.2) is 0 Å². The first-order chi connectivity index (χ1) is 9.49. The molecule has 0 aliphatic carbocycles. The normalized spacial score (nSPS) is 10.4. The van der Waals surface area contributed by atoms with Gasteiger partial charge >= 0.3 is 0 Å². The van der Waals surface area contributed by atoms with Crippen molar-refractivity contribution in [3.63, 3.8) is 0 Å². The van der Waals surface area contributed by atoms with Crippen molar-refractivity contribution in [2.75, 3.05) is 24.3 Å². The zero-order chi connectivity index (χ0) is 14.7. The summed E-state index contributed by atoms with van der Waals surface area (Å²) >= 11 is 18.3. The third kappa shape index (κ3) is 3.51. The van der Waals surface area contributed by atoms with Gasteiger partial charge < -0.3 is 10.2 Å². The highest BCUT2D eigenvalue weighted by Crippen LogP contribution is 2.32. The van der Waals surface area contributed by atoms with Crippen molar-refractivity contribution in [2.45, 2.75) is 6.54 Å². The Hall–Kier alpha value is -1.09. The van der Waals surface area contributed by atoms with Gasteiger partial charge in [0.1, 0.15) is 0 Å². The number of nitrogens with zero attached hydrogens (tertiary/aromatic N) is 1. The molecule has 0 amide bonds. The molecule has 0 heterocycles. The first-order valence-corrected chi connectivity index (χ1v) is 7.26. The van der Waals surface area contributed by atoms with Crippen LogP contribution in [-0.2, 0) is 6.54 Å². The molecule has 0 bridgehead atoms. The van der Waals surface area contributed by atoms with Gasteiger partial charge in [-0.05, 0) is 36.4 Å². The Morgan fingerprint density at radius 2 is 1.50 bits per heavy atom. The molecule has 106 valence electrons. The van der Waals surface area contributed by atoms with E-state index in [9.17, 15) is 0 Å². The molecule has 1 N–H and O–H groups in total. The highest BCUT2D eigenvalue weighted by Gasteiger charge is 2.09. The average molecular weight is 330 g/mol. The van der Waals surface area contributed by atoms with Crippen LogP contribution in [0.4, 0.5) is 11.4 Å². The predicted molar refractivity (Wildman–Crippen MR) is 89.6 cm³/mol. The minimum absolute atomic E-state index is 0.497. The van der Waals surface area contributed by atoms with Crippen LogP contribution in [0.15, 0.2) is 36.4 Å². The first kappa shape index (κ1) is 15.3. The Balaban J connectivity index is 2.11. The Morgan fingerprint density at radius 3 is 2.10 bits per heavy atom. The minimum Gasteiger partial charge on any atom is -0.381 e. The third-order valence-corrected chi connectivity index (χ3v) is 4.19. The smallest absolute Gasteiger partial charge is 0.0657 e. The number of rotatable bonds is 4. The first-order valence-electron chi connectivity index (χ1n) is 6.12. The summed E-state index contributed by atoms with van der Waals surface area (Å²) in [6.45, 7) is 0.527. The fraction of sp³-hybridized carbons (Fsp3) is 0.200. The average Bonchev–Trinajstić information content (AvgIpc) is 2.43. The molecular formula is C15H15Cl3N2. The standard InChI is InChI=1S/C15H15Cl3N2/c1-20(2)11-5-3-10(4-6-11)19-9-12-13(16)7-8-14(17)15(12)18/h3-8,19H,9H2,1-2H3. The summed E-state index contributed by atoms with van der Waals surface area (Å²) in [7, 11) is 4.02. The van der Waals surface area contributed by atoms with Crippen molar-refractivity contribution in [1.29, 1.82) is 0 Å². The number of anilines is 2. The molecule has 0 aliphatic rings. The van der Waals surface area contributed by atoms with Gasteiger partial charge in [-0.1, -0.05) is 34.8 Å². The molecule has 0 unspecified atom stereocenters. The van der Waals surface area contributed by atoms with Crippen molar-refractivity contribution in [1.82, 2.24) is 0 Å². The quantitative estimate of drug-likeness (QED) is 0.763. The van der Waals surface area contributed by atoms with Crippen LogP contribution < -0.4 is 10.2 Å². The molecule has 0 atom stereocenters. The lowest BCUT2D eigenvalue weighted by Gasteiger charge is -2.14. The molecule has 0 fully saturated rings. The molecule has 2 aromatic rings. The highest BCUT2D eigenvalue weighted by atomic mass is 35.5. The summed E-state index contributed by atoms with van der Waals surface area (Å²) in [6, 6.07) is 11.6. The maximum absolute atomic E-state index is 6.17. The number of hydrogen-bond donors (Lipinski definition) is 1. The SMILES string of the molecule is CN(C)c1ccc(NCc2c(Cl)ccc(Cl)c2Cl)cc1. The van der Waals surface area contributed by atoms with Crippen LogP contribution in [0.3, 0.4) is 0 Å². The number of halogens is 3. The van der Waals surface area contributed by atoms with Crippen LogP contribution in [-0.4, -0.2) is 14.1 Å². The summed E-state index contributed by atoms with van der Waals surface area (Å²) in [6.07, 6.45) is 0. The molecule has 0 aliphatic heterocycles. The van der Waals surface area contributed by atoms with E-state index in [4.69, 9.17) is 34.8 Å². The van der Waals surface area contributed by atoms with Gasteiger partial charge in [-0.15, -0.1) is 0 Å². The number of benzene rings is 2. The molecule has 0 aromatic heterocycles. The molecular weight excluding hydrogens is 315 g/mol. The van der Waals surface area contributed by atoms with Crippen LogP contribution >= 0.6 is 34.8 Å². The van der Waals surface area contributed by atoms with Crippen LogP contribution in [0.1, 0.15) is 5.56 Å². The summed E-state index contributed by atoms with van der Waals surface area (Å²) < 4.78 is 0. The second-order valence-electron chi connectivity index (χ2n) is 4.62. The van der Waals surface area contributed by atoms with E-state index in [0.29, 0.717) is 21.6 Å². The van der Waals surface area contributed by atoms with Gasteiger partial charge in [0.2, 0.25) is 0 Å². The summed E-state index contributed by atoms with van der Waals surface area (Å²) in [5, 5.41) is 4.90. The van der Waals surface area contributed by atoms with E-state index in [1.807, 2.05) is 38.4 Å². The zero-order valence-electron chi connectivity index (χ0n) is 11.3. The predicted octanol–water partition coefficient (Wildman–Crippen LogP) is 5.32. The Bertz CT molecular complexity index is 595. The highest BCUT2D eigenvalue weighted by molar-refractivity contribution is 6.44. The van der Waals surface area contributed by atoms with Gasteiger partial charge in [0, 0.05) is 42.6 Å². The second-order valence-corrected chi connectivity index (χ2v) is 5.81. The maximum atomic E-state index is 6.17. The fourth-order valence-electron chi connectivity index (χ4n) is 1.80. The lowest BCUT2D eigenvalue weighted by atomic mass is 10.2. The Labute approximate surface area is 134 Å². The van der Waals surface area contributed by atoms with Crippen LogP contribution in [0, 0.1) is 0 Å². The number of nitrogens with one attached hydrogen (secondary N) is 1. The molecule has 2 aromatic carbocycles. The molecule has 2 rings (SSSR count). The largest absolute Gasteiger partial charge is 0.381 e. The zero-order valence-corrected chi connectivity index (χ0v) is 13.5. The van der Waals surface area contributed by atoms with Crippen molar-refractivity contribution in [2.24, 2.45) is 0 Å². The lowest BCUT2D eigenvalue weighted by Crippen LogP contribution is -2.08. The molecule has 0 spiro atoms. The van der Waals surface area contributed by atoms with Gasteiger partial charge in [-0.2, -0.15) is 0 Å². The molecule has 0 saturated heterocycles. The van der Waals surface area contributed by atoms with E-state index in [-0.39, 0.29) is 0 Å². The summed E-state index contributed by atoms with van der Waals surface area (Å²) in [5.41, 5.74) is 2.95. The van der Waals surface area contributed by atoms with Crippen LogP contribution in [0.2, 0.25) is 15.1 Å². The van der Waals surface area contributed by atoms with E-state index >= 15 is 0 Å². The Kier molecular flexibility index (Phi) is 5.03. The summed E-state index contributed by atoms with van der Waals surface area (Å²) in [4.78, 5) is 2.05. The van der Waals surface area contributed by atoms with Crippen molar-refractivity contribution >= 4 is 46.2 Å². The molecule has 0 saturated carbocycles. The van der Waals surface area contributed by atoms with Crippen molar-refractivity contribution in [3.8, 4) is 0 Å². The van der Waals surface area contributed by atoms with E-state index in [0.717, 1.165) is 16.9 Å². The van der Waals surface area contributed by atoms with Crippen LogP contribution in [0.5, 0.6) is 0 Å². The van der Waals surface area contributed by atoms with Gasteiger partial charge in [-0.3, -0.25) is 0 Å². The molecule has 20 heavy (non-hydrogen) atoms. The van der Waals surface area contributed by atoms with Crippen molar-refractivity contribution in [3.05, 3.63) is 57.0 Å². The van der Waals surface area contributed by atoms with E-state index in [1.165, 1.54) is 0 Å². The Morgan fingerprint density at radius 1 is 0.900 bits per heavy atom. The lowest BCUT2D eigenvalue weighted by molar-refractivity contribution is 1.12. The van der Waals surface area contributed by atoms with E-state index < -0.39 is 0 Å². The van der Waals surface area contributed by atoms with E-state index in [1.54, 1.807) is 12.1 Å². The topological polar surface area (TPSA) is 15.3 Å².